The summed E-state index contributed by atoms with van der Waals surface area (Å²) in [7, 11) is 1.80. The number of hydrogen-bond donors (Lipinski definition) is 2. The summed E-state index contributed by atoms with van der Waals surface area (Å²) in [4.78, 5) is 45.1. The van der Waals surface area contributed by atoms with Crippen molar-refractivity contribution in [2.24, 2.45) is 7.05 Å². The van der Waals surface area contributed by atoms with E-state index in [1.807, 2.05) is 39.1 Å². The lowest BCUT2D eigenvalue weighted by atomic mass is 10.0. The van der Waals surface area contributed by atoms with Crippen molar-refractivity contribution in [1.29, 1.82) is 0 Å². The molecule has 2 N–H and O–H groups in total. The predicted octanol–water partition coefficient (Wildman–Crippen LogP) is 4.64. The molecule has 0 spiro atoms. The molecule has 2 saturated heterocycles. The van der Waals surface area contributed by atoms with Crippen LogP contribution in [-0.4, -0.2) is 56.9 Å². The molecule has 12 heteroatoms. The van der Waals surface area contributed by atoms with E-state index in [0.29, 0.717) is 28.6 Å². The van der Waals surface area contributed by atoms with Crippen molar-refractivity contribution < 1.29 is 4.79 Å². The number of pyridine rings is 2. The van der Waals surface area contributed by atoms with Gasteiger partial charge in [-0.1, -0.05) is 35.7 Å². The minimum atomic E-state index is -0.345. The number of nitrogens with zero attached hydrogens (tertiary/aromatic N) is 6. The third-order valence-corrected chi connectivity index (χ3v) is 8.73. The van der Waals surface area contributed by atoms with Crippen molar-refractivity contribution in [3.05, 3.63) is 80.5 Å². The van der Waals surface area contributed by atoms with Gasteiger partial charge in [-0.3, -0.25) is 18.9 Å². The highest BCUT2D eigenvalue weighted by molar-refractivity contribution is 7.97. The van der Waals surface area contributed by atoms with E-state index in [9.17, 15) is 9.59 Å². The summed E-state index contributed by atoms with van der Waals surface area (Å²) < 4.78 is 4.38. The van der Waals surface area contributed by atoms with Gasteiger partial charge in [0.05, 0.1) is 34.7 Å². The third kappa shape index (κ3) is 5.05. The van der Waals surface area contributed by atoms with Crippen molar-refractivity contribution in [2.75, 3.05) is 34.5 Å². The molecule has 2 bridgehead atoms. The molecular formula is C30H33ClN8O2S. The van der Waals surface area contributed by atoms with Crippen LogP contribution < -0.4 is 25.4 Å². The molecule has 42 heavy (non-hydrogen) atoms. The van der Waals surface area contributed by atoms with E-state index in [2.05, 4.69) is 41.9 Å². The van der Waals surface area contributed by atoms with Gasteiger partial charge < -0.3 is 15.1 Å². The number of anilines is 3. The molecule has 0 radical (unpaired) electrons. The van der Waals surface area contributed by atoms with Crippen molar-refractivity contribution in [2.45, 2.75) is 45.3 Å². The average molecular weight is 605 g/mol. The number of carbonyl (C=O) groups is 1. The Morgan fingerprint density at radius 1 is 1.07 bits per heavy atom. The second kappa shape index (κ2) is 11.1. The minimum Gasteiger partial charge on any atom is -0.377 e. The topological polar surface area (TPSA) is 108 Å². The summed E-state index contributed by atoms with van der Waals surface area (Å²) in [5.41, 5.74) is 4.26. The monoisotopic (exact) mass is 604 g/mol. The maximum atomic E-state index is 13.7. The number of halogens is 1. The molecule has 6 rings (SSSR count). The SMILES string of the molecule is CSNC(=O)c1nc(Cl)ccc1NC(C)c1cc(C)cc2c(=O)n(C)c(N3CC4CC3CN4c3ccc(C)cn3)nc12. The molecule has 4 aromatic rings. The lowest BCUT2D eigenvalue weighted by Crippen LogP contribution is -2.48. The number of rotatable bonds is 7. The van der Waals surface area contributed by atoms with Crippen molar-refractivity contribution in [3.8, 4) is 0 Å². The number of aryl methyl sites for hydroxylation is 2. The second-order valence-corrected chi connectivity index (χ2v) is 12.1. The van der Waals surface area contributed by atoms with Crippen LogP contribution in [0.25, 0.3) is 10.9 Å². The third-order valence-electron chi connectivity index (χ3n) is 8.13. The van der Waals surface area contributed by atoms with Crippen LogP contribution in [0.1, 0.15) is 46.6 Å². The molecule has 0 saturated carbocycles. The largest absolute Gasteiger partial charge is 0.377 e. The average Bonchev–Trinajstić information content (AvgIpc) is 3.58. The van der Waals surface area contributed by atoms with Crippen LogP contribution in [0.5, 0.6) is 0 Å². The fourth-order valence-corrected chi connectivity index (χ4v) is 6.56. The quantitative estimate of drug-likeness (QED) is 0.230. The van der Waals surface area contributed by atoms with Crippen LogP contribution in [0, 0.1) is 13.8 Å². The van der Waals surface area contributed by atoms with E-state index in [1.54, 1.807) is 30.0 Å². The summed E-state index contributed by atoms with van der Waals surface area (Å²) in [5.74, 6) is 1.32. The fourth-order valence-electron chi connectivity index (χ4n) is 6.13. The molecule has 218 valence electrons. The minimum absolute atomic E-state index is 0.0832. The fraction of sp³-hybridized carbons (Fsp3) is 0.367. The van der Waals surface area contributed by atoms with E-state index in [-0.39, 0.29) is 34.4 Å². The zero-order valence-electron chi connectivity index (χ0n) is 24.2. The first-order valence-electron chi connectivity index (χ1n) is 13.9. The van der Waals surface area contributed by atoms with E-state index in [1.165, 1.54) is 11.9 Å². The van der Waals surface area contributed by atoms with E-state index < -0.39 is 0 Å². The van der Waals surface area contributed by atoms with Gasteiger partial charge >= 0.3 is 0 Å². The Labute approximate surface area is 253 Å². The smallest absolute Gasteiger partial charge is 0.281 e. The van der Waals surface area contributed by atoms with Crippen LogP contribution in [0.4, 0.5) is 17.5 Å². The van der Waals surface area contributed by atoms with Gasteiger partial charge in [0.15, 0.2) is 5.69 Å². The number of fused-ring (bicyclic) bond motifs is 3. The summed E-state index contributed by atoms with van der Waals surface area (Å²) >= 11 is 7.31. The maximum absolute atomic E-state index is 13.7. The lowest BCUT2D eigenvalue weighted by molar-refractivity contribution is 0.0980. The van der Waals surface area contributed by atoms with Crippen molar-refractivity contribution in [1.82, 2.24) is 24.2 Å². The van der Waals surface area contributed by atoms with Crippen molar-refractivity contribution in [3.63, 3.8) is 0 Å². The summed E-state index contributed by atoms with van der Waals surface area (Å²) in [6, 6.07) is 11.8. The Bertz CT molecular complexity index is 1740. The van der Waals surface area contributed by atoms with Gasteiger partial charge in [-0.15, -0.1) is 0 Å². The Kier molecular flexibility index (Phi) is 7.48. The Hall–Kier alpha value is -3.83. The predicted molar refractivity (Wildman–Crippen MR) is 170 cm³/mol. The number of aromatic nitrogens is 4. The summed E-state index contributed by atoms with van der Waals surface area (Å²) in [6.45, 7) is 7.60. The molecule has 3 atom stereocenters. The molecule has 2 aliphatic heterocycles. The first-order chi connectivity index (χ1) is 20.1. The number of benzene rings is 1. The lowest BCUT2D eigenvalue weighted by Gasteiger charge is -2.36. The molecule has 2 aliphatic rings. The van der Waals surface area contributed by atoms with Crippen LogP contribution >= 0.6 is 23.5 Å². The Balaban J connectivity index is 1.35. The Morgan fingerprint density at radius 3 is 2.52 bits per heavy atom. The molecule has 2 fully saturated rings. The molecule has 5 heterocycles. The number of hydrogen-bond acceptors (Lipinski definition) is 9. The van der Waals surface area contributed by atoms with Gasteiger partial charge in [-0.25, -0.2) is 15.0 Å². The molecule has 3 unspecified atom stereocenters. The molecule has 1 aromatic carbocycles. The number of piperazine rings is 1. The zero-order valence-corrected chi connectivity index (χ0v) is 25.8. The van der Waals surface area contributed by atoms with Crippen LogP contribution in [0.3, 0.4) is 0 Å². The summed E-state index contributed by atoms with van der Waals surface area (Å²) in [6.07, 6.45) is 4.67. The molecular weight excluding hydrogens is 572 g/mol. The number of nitrogens with one attached hydrogen (secondary N) is 2. The second-order valence-electron chi connectivity index (χ2n) is 11.1. The van der Waals surface area contributed by atoms with Crippen LogP contribution in [0.2, 0.25) is 5.15 Å². The molecule has 1 amide bonds. The standard InChI is InChI=1S/C30H33ClN8O2S/c1-16-6-9-25(32-13-16)38-14-20-12-19(38)15-39(20)30-35-26-21(10-17(2)11-22(26)29(41)37(30)4)18(3)33-23-7-8-24(31)34-27(23)28(40)36-42-5/h6-11,13,18-20,33H,12,14-15H2,1-5H3,(H,36,40). The van der Waals surface area contributed by atoms with E-state index >= 15 is 0 Å². The summed E-state index contributed by atoms with van der Waals surface area (Å²) in [5, 5.41) is 4.22. The normalized spacial score (nSPS) is 18.5. The highest BCUT2D eigenvalue weighted by Gasteiger charge is 2.45. The zero-order chi connectivity index (χ0) is 29.7. The van der Waals surface area contributed by atoms with Crippen LogP contribution in [-0.2, 0) is 7.05 Å². The highest BCUT2D eigenvalue weighted by Crippen LogP contribution is 2.37. The van der Waals surface area contributed by atoms with Gasteiger partial charge in [0.2, 0.25) is 5.95 Å². The number of carbonyl (C=O) groups excluding carboxylic acids is 1. The first-order valence-corrected chi connectivity index (χ1v) is 15.5. The van der Waals surface area contributed by atoms with Gasteiger partial charge in [-0.2, -0.15) is 0 Å². The highest BCUT2D eigenvalue weighted by atomic mass is 35.5. The van der Waals surface area contributed by atoms with E-state index in [0.717, 1.165) is 42.0 Å². The first kappa shape index (κ1) is 28.3. The van der Waals surface area contributed by atoms with Crippen molar-refractivity contribution >= 4 is 57.8 Å². The maximum Gasteiger partial charge on any atom is 0.281 e. The van der Waals surface area contributed by atoms with Gasteiger partial charge in [0, 0.05) is 38.2 Å². The number of amides is 1. The van der Waals surface area contributed by atoms with E-state index in [4.69, 9.17) is 16.6 Å². The molecule has 0 aliphatic carbocycles. The van der Waals surface area contributed by atoms with Gasteiger partial charge in [0.25, 0.3) is 11.5 Å². The molecule has 10 nitrogen and oxygen atoms in total. The van der Waals surface area contributed by atoms with Crippen LogP contribution in [0.15, 0.2) is 47.4 Å². The molecule has 3 aromatic heterocycles. The van der Waals surface area contributed by atoms with Gasteiger partial charge in [0.1, 0.15) is 11.0 Å². The Morgan fingerprint density at radius 2 is 1.83 bits per heavy atom. The van der Waals surface area contributed by atoms with Gasteiger partial charge in [-0.05, 0) is 62.6 Å².